The topological polar surface area (TPSA) is 18.5 Å². The van der Waals surface area contributed by atoms with Crippen molar-refractivity contribution in [2.24, 2.45) is 0 Å². The number of benzene rings is 2. The van der Waals surface area contributed by atoms with Crippen LogP contribution < -0.4 is 9.92 Å². The minimum Gasteiger partial charge on any atom is -0.458 e. The fraction of sp³-hybridized carbons (Fsp3) is 0.250. The van der Waals surface area contributed by atoms with Crippen molar-refractivity contribution >= 4 is 34.0 Å². The van der Waals surface area contributed by atoms with Gasteiger partial charge in [-0.05, 0) is 17.8 Å². The van der Waals surface area contributed by atoms with Gasteiger partial charge in [0, 0.05) is 18.1 Å². The van der Waals surface area contributed by atoms with Gasteiger partial charge >= 0.3 is 0 Å². The summed E-state index contributed by atoms with van der Waals surface area (Å²) in [7, 11) is 0. The first kappa shape index (κ1) is 14.9. The Morgan fingerprint density at radius 3 is 2.48 bits per heavy atom. The molecular formula is C16H16Cl2O2Si. The highest BCUT2D eigenvalue weighted by Gasteiger charge is 2.35. The quantitative estimate of drug-likeness (QED) is 0.602. The maximum absolute atomic E-state index is 6.28. The van der Waals surface area contributed by atoms with Gasteiger partial charge in [0.05, 0.1) is 6.61 Å². The Labute approximate surface area is 135 Å². The summed E-state index contributed by atoms with van der Waals surface area (Å²) >= 11 is 12.6. The van der Waals surface area contributed by atoms with Gasteiger partial charge in [-0.3, -0.25) is 0 Å². The van der Waals surface area contributed by atoms with Crippen LogP contribution in [-0.2, 0) is 17.1 Å². The molecule has 0 amide bonds. The molecule has 1 aliphatic rings. The van der Waals surface area contributed by atoms with Crippen molar-refractivity contribution in [3.05, 3.63) is 59.7 Å². The van der Waals surface area contributed by atoms with Gasteiger partial charge in [-0.15, -0.1) is 22.2 Å². The molecule has 3 rings (SSSR count). The highest BCUT2D eigenvalue weighted by atomic mass is 35.7. The van der Waals surface area contributed by atoms with Crippen molar-refractivity contribution in [2.75, 3.05) is 0 Å². The fourth-order valence-electron chi connectivity index (χ4n) is 2.40. The van der Waals surface area contributed by atoms with Crippen LogP contribution in [0.2, 0.25) is 6.55 Å². The molecule has 1 atom stereocenters. The molecule has 0 spiro atoms. The summed E-state index contributed by atoms with van der Waals surface area (Å²) in [4.78, 5) is 0. The Kier molecular flexibility index (Phi) is 3.78. The summed E-state index contributed by atoms with van der Waals surface area (Å²) in [5, 5.41) is 0.972. The van der Waals surface area contributed by atoms with Crippen LogP contribution in [0.5, 0.6) is 5.75 Å². The molecule has 2 nitrogen and oxygen atoms in total. The smallest absolute Gasteiger partial charge is 0.277 e. The number of fused-ring (bicyclic) bond motifs is 1. The largest absolute Gasteiger partial charge is 0.458 e. The standard InChI is InChI=1S/C16H16Cl2O2Si/c1-16(13-6-4-3-5-7-13)19-11-12-10-14(21(2,17)18)8-9-15(12)20-16/h3-10H,11H2,1-2H3. The van der Waals surface area contributed by atoms with E-state index in [0.717, 1.165) is 22.1 Å². The minimum absolute atomic E-state index is 0.479. The van der Waals surface area contributed by atoms with Crippen LogP contribution in [0.25, 0.3) is 0 Å². The molecule has 0 radical (unpaired) electrons. The molecule has 0 bridgehead atoms. The van der Waals surface area contributed by atoms with Gasteiger partial charge in [0.1, 0.15) is 5.75 Å². The van der Waals surface area contributed by atoms with E-state index < -0.39 is 12.5 Å². The second kappa shape index (κ2) is 5.32. The molecule has 0 N–H and O–H groups in total. The molecule has 1 unspecified atom stereocenters. The highest BCUT2D eigenvalue weighted by Crippen LogP contribution is 2.37. The molecule has 5 heteroatoms. The lowest BCUT2D eigenvalue weighted by atomic mass is 10.1. The molecule has 2 aromatic carbocycles. The molecule has 2 aromatic rings. The van der Waals surface area contributed by atoms with E-state index in [1.807, 2.05) is 62.0 Å². The number of hydrogen-bond acceptors (Lipinski definition) is 2. The highest BCUT2D eigenvalue weighted by molar-refractivity contribution is 7.50. The summed E-state index contributed by atoms with van der Waals surface area (Å²) in [6.45, 7) is 1.94. The van der Waals surface area contributed by atoms with Crippen LogP contribution in [0.3, 0.4) is 0 Å². The van der Waals surface area contributed by atoms with Crippen molar-refractivity contribution < 1.29 is 9.47 Å². The zero-order valence-electron chi connectivity index (χ0n) is 11.9. The van der Waals surface area contributed by atoms with Gasteiger partial charge in [-0.2, -0.15) is 0 Å². The first-order chi connectivity index (χ1) is 9.88. The van der Waals surface area contributed by atoms with E-state index in [4.69, 9.17) is 31.6 Å². The molecule has 110 valence electrons. The van der Waals surface area contributed by atoms with E-state index in [9.17, 15) is 0 Å². The van der Waals surface area contributed by atoms with Gasteiger partial charge in [-0.1, -0.05) is 42.5 Å². The predicted octanol–water partition coefficient (Wildman–Crippen LogP) is 4.23. The zero-order chi connectivity index (χ0) is 15.1. The number of halogens is 2. The third-order valence-corrected chi connectivity index (χ3v) is 6.31. The van der Waals surface area contributed by atoms with Crippen LogP contribution in [0.4, 0.5) is 0 Å². The van der Waals surface area contributed by atoms with Crippen LogP contribution in [0.1, 0.15) is 18.1 Å². The first-order valence-electron chi connectivity index (χ1n) is 6.78. The van der Waals surface area contributed by atoms with Crippen molar-refractivity contribution in [1.29, 1.82) is 0 Å². The molecule has 0 fully saturated rings. The molecule has 0 aromatic heterocycles. The predicted molar refractivity (Wildman–Crippen MR) is 88.6 cm³/mol. The van der Waals surface area contributed by atoms with E-state index in [1.54, 1.807) is 0 Å². The summed E-state index contributed by atoms with van der Waals surface area (Å²) in [5.41, 5.74) is 1.98. The van der Waals surface area contributed by atoms with Gasteiger partial charge in [0.25, 0.3) is 6.69 Å². The Morgan fingerprint density at radius 2 is 1.81 bits per heavy atom. The van der Waals surface area contributed by atoms with Gasteiger partial charge in [0.15, 0.2) is 0 Å². The SMILES string of the molecule is CC1(c2ccccc2)OCc2cc([Si](C)(Cl)Cl)ccc2O1. The summed E-state index contributed by atoms with van der Waals surface area (Å²) in [6.07, 6.45) is 0. The van der Waals surface area contributed by atoms with Crippen molar-refractivity contribution in [3.8, 4) is 5.75 Å². The molecule has 0 saturated carbocycles. The summed E-state index contributed by atoms with van der Waals surface area (Å²) < 4.78 is 12.0. The Hall–Kier alpha value is -1.00. The maximum atomic E-state index is 6.28. The summed E-state index contributed by atoms with van der Waals surface area (Å²) in [5.74, 6) is 0.0567. The molecule has 0 aliphatic carbocycles. The van der Waals surface area contributed by atoms with Crippen molar-refractivity contribution in [3.63, 3.8) is 0 Å². The van der Waals surface area contributed by atoms with Crippen LogP contribution >= 0.6 is 22.2 Å². The van der Waals surface area contributed by atoms with Crippen LogP contribution in [-0.4, -0.2) is 6.69 Å². The van der Waals surface area contributed by atoms with Crippen LogP contribution in [0.15, 0.2) is 48.5 Å². The van der Waals surface area contributed by atoms with Gasteiger partial charge < -0.3 is 9.47 Å². The monoisotopic (exact) mass is 338 g/mol. The molecular weight excluding hydrogens is 323 g/mol. The fourth-order valence-corrected chi connectivity index (χ4v) is 3.91. The number of ether oxygens (including phenoxy) is 2. The van der Waals surface area contributed by atoms with E-state index in [-0.39, 0.29) is 0 Å². The van der Waals surface area contributed by atoms with Gasteiger partial charge in [-0.25, -0.2) is 0 Å². The minimum atomic E-state index is -2.36. The molecule has 1 aliphatic heterocycles. The Morgan fingerprint density at radius 1 is 1.10 bits per heavy atom. The molecule has 0 saturated heterocycles. The maximum Gasteiger partial charge on any atom is 0.277 e. The van der Waals surface area contributed by atoms with Gasteiger partial charge in [0.2, 0.25) is 5.79 Å². The van der Waals surface area contributed by atoms with E-state index in [0.29, 0.717) is 6.61 Å². The van der Waals surface area contributed by atoms with E-state index >= 15 is 0 Å². The van der Waals surface area contributed by atoms with Crippen molar-refractivity contribution in [1.82, 2.24) is 0 Å². The summed E-state index contributed by atoms with van der Waals surface area (Å²) in [6, 6.07) is 15.8. The van der Waals surface area contributed by atoms with E-state index in [2.05, 4.69) is 0 Å². The Balaban J connectivity index is 1.93. The zero-order valence-corrected chi connectivity index (χ0v) is 14.4. The lowest BCUT2D eigenvalue weighted by Crippen LogP contribution is -2.38. The third kappa shape index (κ3) is 2.97. The average Bonchev–Trinajstić information content (AvgIpc) is 2.46. The lowest BCUT2D eigenvalue weighted by molar-refractivity contribution is -0.201. The van der Waals surface area contributed by atoms with Crippen LogP contribution in [0, 0.1) is 0 Å². The molecule has 1 heterocycles. The number of hydrogen-bond donors (Lipinski definition) is 0. The normalized spacial score (nSPS) is 21.5. The van der Waals surface area contributed by atoms with E-state index in [1.165, 1.54) is 0 Å². The molecule has 21 heavy (non-hydrogen) atoms. The second-order valence-corrected chi connectivity index (χ2v) is 12.9. The first-order valence-corrected chi connectivity index (χ1v) is 11.3. The second-order valence-electron chi connectivity index (χ2n) is 5.41. The van der Waals surface area contributed by atoms with Crippen molar-refractivity contribution in [2.45, 2.75) is 25.9 Å². The number of rotatable bonds is 2. The lowest BCUT2D eigenvalue weighted by Gasteiger charge is -2.36. The Bertz CT molecular complexity index is 655. The average molecular weight is 339 g/mol. The third-order valence-electron chi connectivity index (χ3n) is 3.67.